The van der Waals surface area contributed by atoms with Crippen molar-refractivity contribution < 1.29 is 0 Å². The second-order valence-corrected chi connectivity index (χ2v) is 6.14. The maximum absolute atomic E-state index is 11.5. The molecule has 2 aromatic rings. The van der Waals surface area contributed by atoms with Gasteiger partial charge in [-0.05, 0) is 24.6 Å². The van der Waals surface area contributed by atoms with E-state index in [-0.39, 0.29) is 5.56 Å². The molecule has 1 heterocycles. The largest absolute Gasteiger partial charge is 0.310 e. The molecule has 0 aliphatic rings. The Morgan fingerprint density at radius 3 is 2.95 bits per heavy atom. The molecule has 1 aromatic carbocycles. The number of thioether (sulfide) groups is 1. The number of nitrogens with one attached hydrogen (secondary N) is 1. The quantitative estimate of drug-likeness (QED) is 0.844. The van der Waals surface area contributed by atoms with Crippen LogP contribution in [0.5, 0.6) is 0 Å². The fourth-order valence-corrected chi connectivity index (χ4v) is 3.10. The average molecular weight is 339 g/mol. The molecule has 0 saturated heterocycles. The average Bonchev–Trinajstić information content (AvgIpc) is 2.36. The van der Waals surface area contributed by atoms with E-state index in [0.29, 0.717) is 5.75 Å². The van der Waals surface area contributed by atoms with Crippen LogP contribution in [0.3, 0.4) is 0 Å². The van der Waals surface area contributed by atoms with Crippen LogP contribution in [0.4, 0.5) is 0 Å². The Bertz CT molecular complexity index is 612. The van der Waals surface area contributed by atoms with E-state index in [1.807, 2.05) is 18.2 Å². The number of hydrogen-bond acceptors (Lipinski definition) is 3. The monoisotopic (exact) mass is 338 g/mol. The van der Waals surface area contributed by atoms with Crippen LogP contribution in [-0.4, -0.2) is 9.97 Å². The Balaban J connectivity index is 2.09. The molecule has 0 fully saturated rings. The van der Waals surface area contributed by atoms with Gasteiger partial charge in [0.25, 0.3) is 5.56 Å². The minimum Gasteiger partial charge on any atom is -0.310 e. The summed E-state index contributed by atoms with van der Waals surface area (Å²) >= 11 is 5.11. The molecule has 0 unspecified atom stereocenters. The standard InChI is InChI=1S/C14H15BrN2OS/c1-2-4-11-8-14(18)17-13(16-11)9-19-12-6-3-5-10(15)7-12/h3,5-8H,2,4,9H2,1H3,(H,16,17,18). The molecule has 0 bridgehead atoms. The first-order chi connectivity index (χ1) is 9.17. The molecule has 5 heteroatoms. The first kappa shape index (κ1) is 14.3. The summed E-state index contributed by atoms with van der Waals surface area (Å²) in [5, 5.41) is 0. The summed E-state index contributed by atoms with van der Waals surface area (Å²) in [4.78, 5) is 20.0. The van der Waals surface area contributed by atoms with E-state index in [1.54, 1.807) is 17.8 Å². The third-order valence-corrected chi connectivity index (χ3v) is 4.02. The van der Waals surface area contributed by atoms with Crippen molar-refractivity contribution in [1.82, 2.24) is 9.97 Å². The van der Waals surface area contributed by atoms with Crippen LogP contribution in [0, 0.1) is 0 Å². The Hall–Kier alpha value is -1.07. The van der Waals surface area contributed by atoms with E-state index in [0.717, 1.165) is 33.7 Å². The van der Waals surface area contributed by atoms with Crippen LogP contribution in [-0.2, 0) is 12.2 Å². The molecule has 2 rings (SSSR count). The van der Waals surface area contributed by atoms with Crippen molar-refractivity contribution in [2.75, 3.05) is 0 Å². The molecule has 0 radical (unpaired) electrons. The van der Waals surface area contributed by atoms with Gasteiger partial charge in [0, 0.05) is 21.1 Å². The maximum atomic E-state index is 11.5. The summed E-state index contributed by atoms with van der Waals surface area (Å²) in [6, 6.07) is 9.67. The van der Waals surface area contributed by atoms with E-state index >= 15 is 0 Å². The summed E-state index contributed by atoms with van der Waals surface area (Å²) < 4.78 is 1.05. The van der Waals surface area contributed by atoms with Crippen molar-refractivity contribution in [3.05, 3.63) is 56.7 Å². The number of rotatable bonds is 5. The van der Waals surface area contributed by atoms with Gasteiger partial charge in [-0.1, -0.05) is 35.3 Å². The first-order valence-corrected chi connectivity index (χ1v) is 7.92. The van der Waals surface area contributed by atoms with E-state index in [1.165, 1.54) is 0 Å². The molecule has 1 aromatic heterocycles. The highest BCUT2D eigenvalue weighted by Gasteiger charge is 2.02. The summed E-state index contributed by atoms with van der Waals surface area (Å²) in [7, 11) is 0. The van der Waals surface area contributed by atoms with Crippen LogP contribution in [0.25, 0.3) is 0 Å². The molecule has 0 aliphatic carbocycles. The fourth-order valence-electron chi connectivity index (χ4n) is 1.72. The molecular weight excluding hydrogens is 324 g/mol. The Labute approximate surface area is 125 Å². The molecular formula is C14H15BrN2OS. The Morgan fingerprint density at radius 1 is 1.37 bits per heavy atom. The lowest BCUT2D eigenvalue weighted by Crippen LogP contribution is -2.12. The predicted molar refractivity (Wildman–Crippen MR) is 82.6 cm³/mol. The zero-order valence-corrected chi connectivity index (χ0v) is 13.1. The molecule has 0 amide bonds. The van der Waals surface area contributed by atoms with Crippen molar-refractivity contribution >= 4 is 27.7 Å². The Morgan fingerprint density at radius 2 is 2.21 bits per heavy atom. The van der Waals surface area contributed by atoms with Gasteiger partial charge in [0.15, 0.2) is 0 Å². The van der Waals surface area contributed by atoms with E-state index in [9.17, 15) is 4.79 Å². The van der Waals surface area contributed by atoms with Crippen LogP contribution in [0.2, 0.25) is 0 Å². The minimum atomic E-state index is -0.0664. The molecule has 0 spiro atoms. The van der Waals surface area contributed by atoms with Gasteiger partial charge in [-0.3, -0.25) is 4.79 Å². The van der Waals surface area contributed by atoms with Crippen molar-refractivity contribution in [3.63, 3.8) is 0 Å². The number of aromatic nitrogens is 2. The summed E-state index contributed by atoms with van der Waals surface area (Å²) in [6.45, 7) is 2.08. The summed E-state index contributed by atoms with van der Waals surface area (Å²) in [6.07, 6.45) is 1.84. The predicted octanol–water partition coefficient (Wildman–Crippen LogP) is 3.78. The number of H-pyrrole nitrogens is 1. The van der Waals surface area contributed by atoms with Crippen LogP contribution < -0.4 is 5.56 Å². The second-order valence-electron chi connectivity index (χ2n) is 4.18. The first-order valence-electron chi connectivity index (χ1n) is 6.15. The van der Waals surface area contributed by atoms with Gasteiger partial charge in [-0.2, -0.15) is 0 Å². The zero-order chi connectivity index (χ0) is 13.7. The molecule has 3 nitrogen and oxygen atoms in total. The van der Waals surface area contributed by atoms with E-state index < -0.39 is 0 Å². The zero-order valence-electron chi connectivity index (χ0n) is 10.6. The molecule has 19 heavy (non-hydrogen) atoms. The molecule has 100 valence electrons. The Kier molecular flexibility index (Phi) is 5.22. The van der Waals surface area contributed by atoms with Gasteiger partial charge in [0.2, 0.25) is 0 Å². The smallest absolute Gasteiger partial charge is 0.251 e. The van der Waals surface area contributed by atoms with E-state index in [2.05, 4.69) is 38.9 Å². The lowest BCUT2D eigenvalue weighted by atomic mass is 10.2. The third kappa shape index (κ3) is 4.51. The van der Waals surface area contributed by atoms with Gasteiger partial charge >= 0.3 is 0 Å². The number of halogens is 1. The SMILES string of the molecule is CCCc1cc(=O)[nH]c(CSc2cccc(Br)c2)n1. The number of hydrogen-bond donors (Lipinski definition) is 1. The molecule has 0 saturated carbocycles. The van der Waals surface area contributed by atoms with Gasteiger partial charge in [0.05, 0.1) is 5.75 Å². The number of benzene rings is 1. The highest BCUT2D eigenvalue weighted by Crippen LogP contribution is 2.24. The molecule has 1 N–H and O–H groups in total. The van der Waals surface area contributed by atoms with Crippen molar-refractivity contribution in [3.8, 4) is 0 Å². The minimum absolute atomic E-state index is 0.0664. The molecule has 0 atom stereocenters. The molecule has 0 aliphatic heterocycles. The highest BCUT2D eigenvalue weighted by molar-refractivity contribution is 9.10. The van der Waals surface area contributed by atoms with Gasteiger partial charge in [-0.25, -0.2) is 4.98 Å². The number of nitrogens with zero attached hydrogens (tertiary/aromatic N) is 1. The fraction of sp³-hybridized carbons (Fsp3) is 0.286. The highest BCUT2D eigenvalue weighted by atomic mass is 79.9. The van der Waals surface area contributed by atoms with Crippen molar-refractivity contribution in [2.24, 2.45) is 0 Å². The van der Waals surface area contributed by atoms with Crippen LogP contribution in [0.15, 0.2) is 44.5 Å². The lowest BCUT2D eigenvalue weighted by Gasteiger charge is -2.04. The maximum Gasteiger partial charge on any atom is 0.251 e. The van der Waals surface area contributed by atoms with Crippen molar-refractivity contribution in [1.29, 1.82) is 0 Å². The van der Waals surface area contributed by atoms with Gasteiger partial charge in [0.1, 0.15) is 5.82 Å². The number of aryl methyl sites for hydroxylation is 1. The second kappa shape index (κ2) is 6.91. The topological polar surface area (TPSA) is 45.8 Å². The van der Waals surface area contributed by atoms with Gasteiger partial charge < -0.3 is 4.98 Å². The third-order valence-electron chi connectivity index (χ3n) is 2.52. The van der Waals surface area contributed by atoms with Gasteiger partial charge in [-0.15, -0.1) is 11.8 Å². The lowest BCUT2D eigenvalue weighted by molar-refractivity contribution is 0.845. The number of aromatic amines is 1. The van der Waals surface area contributed by atoms with Crippen molar-refractivity contribution in [2.45, 2.75) is 30.4 Å². The van der Waals surface area contributed by atoms with Crippen LogP contribution >= 0.6 is 27.7 Å². The van der Waals surface area contributed by atoms with E-state index in [4.69, 9.17) is 0 Å². The summed E-state index contributed by atoms with van der Waals surface area (Å²) in [5.74, 6) is 1.41. The normalized spacial score (nSPS) is 10.6. The summed E-state index contributed by atoms with van der Waals surface area (Å²) in [5.41, 5.74) is 0.805. The van der Waals surface area contributed by atoms with Crippen LogP contribution in [0.1, 0.15) is 24.9 Å².